The van der Waals surface area contributed by atoms with Gasteiger partial charge in [-0.15, -0.1) is 0 Å². The van der Waals surface area contributed by atoms with Gasteiger partial charge in [-0.05, 0) is 47.7 Å². The number of carbonyl (C=O) groups excluding carboxylic acids is 1. The van der Waals surface area contributed by atoms with Crippen molar-refractivity contribution in [3.8, 4) is 34.1 Å². The van der Waals surface area contributed by atoms with Gasteiger partial charge < -0.3 is 33.7 Å². The first-order valence-electron chi connectivity index (χ1n) is 9.80. The number of hydrogen-bond acceptors (Lipinski definition) is 8. The van der Waals surface area contributed by atoms with Crippen molar-refractivity contribution < 1.29 is 34.0 Å². The predicted molar refractivity (Wildman–Crippen MR) is 118 cm³/mol. The third kappa shape index (κ3) is 3.94. The van der Waals surface area contributed by atoms with Gasteiger partial charge >= 0.3 is 5.97 Å². The average Bonchev–Trinajstić information content (AvgIpc) is 2.81. The Morgan fingerprint density at radius 1 is 0.969 bits per heavy atom. The van der Waals surface area contributed by atoms with Gasteiger partial charge in [0.15, 0.2) is 11.5 Å². The standard InChI is InChI=1S/C23H25NO8/c1-29-17-10-13(11-18(30-2)21(17)31-3)19-15-7-6-14(26)12-16(15)22(27)24(8-5-9-25)20(19)23(28)32-4/h6-7,10-12,25-26H,5,8-9H2,1-4H3. The maximum atomic E-state index is 13.3. The number of aliphatic hydroxyl groups excluding tert-OH is 1. The summed E-state index contributed by atoms with van der Waals surface area (Å²) in [6, 6.07) is 7.66. The van der Waals surface area contributed by atoms with Crippen LogP contribution in [-0.4, -0.2) is 55.8 Å². The minimum atomic E-state index is -0.723. The zero-order chi connectivity index (χ0) is 23.4. The van der Waals surface area contributed by atoms with Crippen LogP contribution in [-0.2, 0) is 11.3 Å². The molecule has 0 aliphatic heterocycles. The molecule has 0 atom stereocenters. The Bertz CT molecular complexity index is 1190. The van der Waals surface area contributed by atoms with Crippen molar-refractivity contribution >= 4 is 16.7 Å². The summed E-state index contributed by atoms with van der Waals surface area (Å²) in [5.41, 5.74) is 0.427. The lowest BCUT2D eigenvalue weighted by atomic mass is 9.95. The number of ether oxygens (including phenoxy) is 4. The Morgan fingerprint density at radius 2 is 1.62 bits per heavy atom. The maximum absolute atomic E-state index is 13.3. The van der Waals surface area contributed by atoms with Crippen LogP contribution in [0, 0.1) is 0 Å². The topological polar surface area (TPSA) is 116 Å². The second-order valence-electron chi connectivity index (χ2n) is 6.89. The van der Waals surface area contributed by atoms with Gasteiger partial charge in [0.25, 0.3) is 5.56 Å². The van der Waals surface area contributed by atoms with E-state index in [0.717, 1.165) is 0 Å². The zero-order valence-electron chi connectivity index (χ0n) is 18.3. The summed E-state index contributed by atoms with van der Waals surface area (Å²) in [6.07, 6.45) is 0.239. The van der Waals surface area contributed by atoms with E-state index >= 15 is 0 Å². The van der Waals surface area contributed by atoms with Crippen LogP contribution in [0.5, 0.6) is 23.0 Å². The van der Waals surface area contributed by atoms with E-state index in [1.165, 1.54) is 45.1 Å². The van der Waals surface area contributed by atoms with Crippen molar-refractivity contribution in [2.45, 2.75) is 13.0 Å². The summed E-state index contributed by atoms with van der Waals surface area (Å²) in [5.74, 6) is 0.271. The number of phenols is 1. The van der Waals surface area contributed by atoms with Gasteiger partial charge in [0.2, 0.25) is 5.75 Å². The van der Waals surface area contributed by atoms with Crippen molar-refractivity contribution in [2.75, 3.05) is 35.0 Å². The Morgan fingerprint density at radius 3 is 2.16 bits per heavy atom. The highest BCUT2D eigenvalue weighted by atomic mass is 16.5. The number of esters is 1. The highest BCUT2D eigenvalue weighted by molar-refractivity contribution is 6.07. The van der Waals surface area contributed by atoms with Gasteiger partial charge in [-0.3, -0.25) is 4.79 Å². The SMILES string of the molecule is COC(=O)c1c(-c2cc(OC)c(OC)c(OC)c2)c2ccc(O)cc2c(=O)n1CCCO. The molecular weight excluding hydrogens is 418 g/mol. The Hall–Kier alpha value is -3.72. The smallest absolute Gasteiger partial charge is 0.355 e. The molecule has 0 unspecified atom stereocenters. The second kappa shape index (κ2) is 9.61. The van der Waals surface area contributed by atoms with Crippen LogP contribution >= 0.6 is 0 Å². The summed E-state index contributed by atoms with van der Waals surface area (Å²) in [5, 5.41) is 20.0. The fourth-order valence-corrected chi connectivity index (χ4v) is 3.71. The number of hydrogen-bond donors (Lipinski definition) is 2. The van der Waals surface area contributed by atoms with Gasteiger partial charge in [0.1, 0.15) is 11.4 Å². The molecule has 0 bridgehead atoms. The third-order valence-electron chi connectivity index (χ3n) is 5.13. The number of methoxy groups -OCH3 is 4. The summed E-state index contributed by atoms with van der Waals surface area (Å²) in [7, 11) is 5.65. The van der Waals surface area contributed by atoms with Crippen LogP contribution in [0.4, 0.5) is 0 Å². The molecule has 0 aliphatic rings. The highest BCUT2D eigenvalue weighted by Crippen LogP contribution is 2.43. The van der Waals surface area contributed by atoms with E-state index in [9.17, 15) is 19.8 Å². The van der Waals surface area contributed by atoms with Crippen LogP contribution in [0.15, 0.2) is 35.1 Å². The molecule has 1 heterocycles. The molecule has 170 valence electrons. The zero-order valence-corrected chi connectivity index (χ0v) is 18.3. The van der Waals surface area contributed by atoms with Crippen LogP contribution < -0.4 is 19.8 Å². The Balaban J connectivity index is 2.53. The fraction of sp³-hybridized carbons (Fsp3) is 0.304. The van der Waals surface area contributed by atoms with E-state index in [1.807, 2.05) is 0 Å². The molecule has 9 heteroatoms. The molecule has 0 spiro atoms. The lowest BCUT2D eigenvalue weighted by molar-refractivity contribution is 0.0587. The Kier molecular flexibility index (Phi) is 6.89. The molecule has 1 aromatic heterocycles. The second-order valence-corrected chi connectivity index (χ2v) is 6.89. The first-order chi connectivity index (χ1) is 15.4. The van der Waals surface area contributed by atoms with Crippen molar-refractivity contribution in [3.05, 3.63) is 46.4 Å². The molecular formula is C23H25NO8. The van der Waals surface area contributed by atoms with Crippen LogP contribution in [0.25, 0.3) is 21.9 Å². The fourth-order valence-electron chi connectivity index (χ4n) is 3.71. The molecule has 9 nitrogen and oxygen atoms in total. The third-order valence-corrected chi connectivity index (χ3v) is 5.13. The number of rotatable bonds is 8. The molecule has 0 saturated carbocycles. The molecule has 3 rings (SSSR count). The minimum Gasteiger partial charge on any atom is -0.508 e. The number of fused-ring (bicyclic) bond motifs is 1. The number of nitrogens with zero attached hydrogens (tertiary/aromatic N) is 1. The molecule has 3 aromatic rings. The monoisotopic (exact) mass is 443 g/mol. The van der Waals surface area contributed by atoms with Crippen LogP contribution in [0.3, 0.4) is 0 Å². The molecule has 0 saturated heterocycles. The highest BCUT2D eigenvalue weighted by Gasteiger charge is 2.26. The van der Waals surface area contributed by atoms with Gasteiger partial charge in [-0.25, -0.2) is 4.79 Å². The van der Waals surface area contributed by atoms with E-state index in [1.54, 1.807) is 18.2 Å². The maximum Gasteiger partial charge on any atom is 0.355 e. The largest absolute Gasteiger partial charge is 0.508 e. The van der Waals surface area contributed by atoms with E-state index in [-0.39, 0.29) is 36.4 Å². The molecule has 0 fully saturated rings. The Labute approximate surface area is 184 Å². The minimum absolute atomic E-state index is 0.0124. The van der Waals surface area contributed by atoms with E-state index in [0.29, 0.717) is 33.8 Å². The lowest BCUT2D eigenvalue weighted by Gasteiger charge is -2.20. The van der Waals surface area contributed by atoms with Crippen molar-refractivity contribution in [3.63, 3.8) is 0 Å². The average molecular weight is 443 g/mol. The molecule has 2 N–H and O–H groups in total. The lowest BCUT2D eigenvalue weighted by Crippen LogP contribution is -2.28. The van der Waals surface area contributed by atoms with Crippen LogP contribution in [0.1, 0.15) is 16.9 Å². The van der Waals surface area contributed by atoms with Crippen molar-refractivity contribution in [1.82, 2.24) is 4.57 Å². The van der Waals surface area contributed by atoms with Gasteiger partial charge in [-0.1, -0.05) is 0 Å². The van der Waals surface area contributed by atoms with E-state index < -0.39 is 11.5 Å². The molecule has 0 amide bonds. The summed E-state index contributed by atoms with van der Waals surface area (Å²) in [4.78, 5) is 26.2. The number of phenolic OH excluding ortho intramolecular Hbond substituents is 1. The molecule has 0 aliphatic carbocycles. The summed E-state index contributed by atoms with van der Waals surface area (Å²) < 4.78 is 22.6. The summed E-state index contributed by atoms with van der Waals surface area (Å²) >= 11 is 0. The number of pyridine rings is 1. The van der Waals surface area contributed by atoms with E-state index in [2.05, 4.69) is 0 Å². The molecule has 0 radical (unpaired) electrons. The quantitative estimate of drug-likeness (QED) is 0.511. The van der Waals surface area contributed by atoms with Crippen molar-refractivity contribution in [1.29, 1.82) is 0 Å². The van der Waals surface area contributed by atoms with Gasteiger partial charge in [0, 0.05) is 18.7 Å². The first-order valence-corrected chi connectivity index (χ1v) is 9.80. The number of aromatic nitrogens is 1. The predicted octanol–water partition coefficient (Wildman–Crippen LogP) is 2.57. The normalized spacial score (nSPS) is 10.8. The number of aromatic hydroxyl groups is 1. The number of carbonyl (C=O) groups is 1. The van der Waals surface area contributed by atoms with E-state index in [4.69, 9.17) is 18.9 Å². The molecule has 2 aromatic carbocycles. The van der Waals surface area contributed by atoms with Gasteiger partial charge in [0.05, 0.1) is 33.8 Å². The summed E-state index contributed by atoms with van der Waals surface area (Å²) in [6.45, 7) is -0.104. The van der Waals surface area contributed by atoms with Gasteiger partial charge in [-0.2, -0.15) is 0 Å². The molecule has 32 heavy (non-hydrogen) atoms. The number of benzene rings is 2. The first kappa shape index (κ1) is 23.0. The number of aliphatic hydroxyl groups is 1. The van der Waals surface area contributed by atoms with Crippen molar-refractivity contribution in [2.24, 2.45) is 0 Å². The van der Waals surface area contributed by atoms with Crippen LogP contribution in [0.2, 0.25) is 0 Å².